The van der Waals surface area contributed by atoms with Gasteiger partial charge in [0.25, 0.3) is 0 Å². The van der Waals surface area contributed by atoms with Gasteiger partial charge in [-0.1, -0.05) is 6.07 Å². The summed E-state index contributed by atoms with van der Waals surface area (Å²) < 4.78 is 24.7. The number of nitrogens with two attached hydrogens (primary N) is 1. The van der Waals surface area contributed by atoms with Crippen molar-refractivity contribution in [2.75, 3.05) is 17.3 Å². The molecule has 0 amide bonds. The molecular formula is C13H12Br2N2O2S. The first-order chi connectivity index (χ1) is 9.29. The Labute approximate surface area is 134 Å². The first-order valence-corrected chi connectivity index (χ1v) is 9.07. The van der Waals surface area contributed by atoms with Crippen LogP contribution in [0.5, 0.6) is 0 Å². The summed E-state index contributed by atoms with van der Waals surface area (Å²) in [6.07, 6.45) is 1.15. The lowest BCUT2D eigenvalue weighted by Crippen LogP contribution is -2.02. The summed E-state index contributed by atoms with van der Waals surface area (Å²) in [5, 5.41) is 3.17. The number of para-hydroxylation sites is 1. The van der Waals surface area contributed by atoms with Crippen molar-refractivity contribution in [2.24, 2.45) is 0 Å². The minimum Gasteiger partial charge on any atom is -0.397 e. The minimum atomic E-state index is -3.26. The van der Waals surface area contributed by atoms with Crippen LogP contribution < -0.4 is 11.1 Å². The van der Waals surface area contributed by atoms with Gasteiger partial charge in [-0.05, 0) is 62.2 Å². The Morgan fingerprint density at radius 1 is 1.10 bits per heavy atom. The maximum atomic E-state index is 11.5. The van der Waals surface area contributed by atoms with Gasteiger partial charge in [-0.15, -0.1) is 0 Å². The van der Waals surface area contributed by atoms with Gasteiger partial charge in [-0.25, -0.2) is 8.42 Å². The van der Waals surface area contributed by atoms with Gasteiger partial charge < -0.3 is 11.1 Å². The normalized spacial score (nSPS) is 11.3. The molecule has 0 aliphatic carbocycles. The van der Waals surface area contributed by atoms with Crippen LogP contribution in [0.3, 0.4) is 0 Å². The molecule has 0 spiro atoms. The average molecular weight is 420 g/mol. The molecule has 4 nitrogen and oxygen atoms in total. The predicted octanol–water partition coefficient (Wildman–Crippen LogP) is 3.94. The highest BCUT2D eigenvalue weighted by atomic mass is 79.9. The second-order valence-electron chi connectivity index (χ2n) is 4.24. The molecule has 2 aromatic carbocycles. The summed E-state index contributed by atoms with van der Waals surface area (Å²) in [5.41, 5.74) is 7.75. The lowest BCUT2D eigenvalue weighted by molar-refractivity contribution is 0.602. The summed E-state index contributed by atoms with van der Waals surface area (Å²) >= 11 is 6.89. The van der Waals surface area contributed by atoms with Crippen LogP contribution in [0.1, 0.15) is 0 Å². The van der Waals surface area contributed by atoms with E-state index in [1.165, 1.54) is 12.1 Å². The molecule has 0 atom stereocenters. The van der Waals surface area contributed by atoms with E-state index in [2.05, 4.69) is 37.2 Å². The lowest BCUT2D eigenvalue weighted by atomic mass is 10.2. The Hall–Kier alpha value is -1.05. The number of benzene rings is 2. The minimum absolute atomic E-state index is 0.201. The van der Waals surface area contributed by atoms with E-state index in [0.29, 0.717) is 11.4 Å². The molecule has 20 heavy (non-hydrogen) atoms. The first-order valence-electron chi connectivity index (χ1n) is 5.59. The largest absolute Gasteiger partial charge is 0.397 e. The van der Waals surface area contributed by atoms with Gasteiger partial charge in [0, 0.05) is 15.2 Å². The number of sulfone groups is 1. The van der Waals surface area contributed by atoms with E-state index < -0.39 is 9.84 Å². The van der Waals surface area contributed by atoms with Crippen molar-refractivity contribution in [1.82, 2.24) is 0 Å². The number of rotatable bonds is 3. The van der Waals surface area contributed by atoms with Crippen LogP contribution in [0.25, 0.3) is 0 Å². The van der Waals surface area contributed by atoms with Crippen molar-refractivity contribution >= 4 is 58.8 Å². The standard InChI is InChI=1S/C13H12Br2N2O2S/c1-20(18,19)8-5-6-12(11(16)7-8)17-13-9(14)3-2-4-10(13)15/h2-7,17H,16H2,1H3. The van der Waals surface area contributed by atoms with E-state index in [1.54, 1.807) is 6.07 Å². The van der Waals surface area contributed by atoms with Gasteiger partial charge in [0.15, 0.2) is 9.84 Å². The van der Waals surface area contributed by atoms with Crippen molar-refractivity contribution < 1.29 is 8.42 Å². The van der Waals surface area contributed by atoms with Crippen LogP contribution in [-0.2, 0) is 9.84 Å². The molecule has 0 radical (unpaired) electrons. The fourth-order valence-corrected chi connectivity index (χ4v) is 3.49. The Morgan fingerprint density at radius 2 is 1.70 bits per heavy atom. The second kappa shape index (κ2) is 5.75. The predicted molar refractivity (Wildman–Crippen MR) is 89.1 cm³/mol. The van der Waals surface area contributed by atoms with E-state index in [9.17, 15) is 8.42 Å². The topological polar surface area (TPSA) is 72.2 Å². The van der Waals surface area contributed by atoms with Gasteiger partial charge in [0.1, 0.15) is 0 Å². The van der Waals surface area contributed by atoms with E-state index in [0.717, 1.165) is 20.9 Å². The summed E-state index contributed by atoms with van der Waals surface area (Å²) in [6, 6.07) is 10.3. The fraction of sp³-hybridized carbons (Fsp3) is 0.0769. The molecule has 0 aromatic heterocycles. The summed E-state index contributed by atoms with van der Waals surface area (Å²) in [4.78, 5) is 0.201. The Morgan fingerprint density at radius 3 is 2.20 bits per heavy atom. The number of halogens is 2. The number of anilines is 3. The van der Waals surface area contributed by atoms with Gasteiger partial charge in [0.05, 0.1) is 22.0 Å². The second-order valence-corrected chi connectivity index (χ2v) is 7.97. The third kappa shape index (κ3) is 3.34. The molecule has 0 unspecified atom stereocenters. The lowest BCUT2D eigenvalue weighted by Gasteiger charge is -2.13. The van der Waals surface area contributed by atoms with Gasteiger partial charge in [0.2, 0.25) is 0 Å². The molecule has 106 valence electrons. The summed E-state index contributed by atoms with van der Waals surface area (Å²) in [6.45, 7) is 0. The van der Waals surface area contributed by atoms with E-state index in [1.807, 2.05) is 18.2 Å². The SMILES string of the molecule is CS(=O)(=O)c1ccc(Nc2c(Br)cccc2Br)c(N)c1. The highest BCUT2D eigenvalue weighted by molar-refractivity contribution is 9.11. The van der Waals surface area contributed by atoms with Crippen molar-refractivity contribution in [2.45, 2.75) is 4.90 Å². The molecule has 2 aromatic rings. The van der Waals surface area contributed by atoms with Crippen molar-refractivity contribution in [1.29, 1.82) is 0 Å². The molecule has 0 aliphatic heterocycles. The third-order valence-corrected chi connectivity index (χ3v) is 5.11. The highest BCUT2D eigenvalue weighted by Crippen LogP contribution is 2.35. The summed E-state index contributed by atoms with van der Waals surface area (Å²) in [5.74, 6) is 0. The molecule has 0 saturated heterocycles. The molecule has 7 heteroatoms. The van der Waals surface area contributed by atoms with Crippen LogP contribution in [0.15, 0.2) is 50.2 Å². The smallest absolute Gasteiger partial charge is 0.175 e. The zero-order chi connectivity index (χ0) is 14.9. The molecule has 2 rings (SSSR count). The molecule has 3 N–H and O–H groups in total. The number of nitrogens with one attached hydrogen (secondary N) is 1. The molecule has 0 bridgehead atoms. The first kappa shape index (κ1) is 15.3. The molecule has 0 aliphatic rings. The van der Waals surface area contributed by atoms with Gasteiger partial charge in [-0.2, -0.15) is 0 Å². The van der Waals surface area contributed by atoms with Crippen LogP contribution in [0.4, 0.5) is 17.1 Å². The molecule has 0 heterocycles. The Bertz CT molecular complexity index is 741. The maximum absolute atomic E-state index is 11.5. The number of hydrogen-bond donors (Lipinski definition) is 2. The van der Waals surface area contributed by atoms with Gasteiger partial charge >= 0.3 is 0 Å². The number of hydrogen-bond acceptors (Lipinski definition) is 4. The highest BCUT2D eigenvalue weighted by Gasteiger charge is 2.11. The Kier molecular flexibility index (Phi) is 4.41. The maximum Gasteiger partial charge on any atom is 0.175 e. The van der Waals surface area contributed by atoms with Crippen LogP contribution >= 0.6 is 31.9 Å². The third-order valence-electron chi connectivity index (χ3n) is 2.67. The summed E-state index contributed by atoms with van der Waals surface area (Å²) in [7, 11) is -3.26. The van der Waals surface area contributed by atoms with Crippen LogP contribution in [0, 0.1) is 0 Å². The zero-order valence-electron chi connectivity index (χ0n) is 10.5. The van der Waals surface area contributed by atoms with E-state index in [4.69, 9.17) is 5.73 Å². The fourth-order valence-electron chi connectivity index (χ4n) is 1.64. The van der Waals surface area contributed by atoms with Crippen molar-refractivity contribution in [3.05, 3.63) is 45.3 Å². The van der Waals surface area contributed by atoms with Crippen molar-refractivity contribution in [3.63, 3.8) is 0 Å². The van der Waals surface area contributed by atoms with Gasteiger partial charge in [-0.3, -0.25) is 0 Å². The zero-order valence-corrected chi connectivity index (χ0v) is 14.5. The van der Waals surface area contributed by atoms with Crippen LogP contribution in [-0.4, -0.2) is 14.7 Å². The monoisotopic (exact) mass is 418 g/mol. The quantitative estimate of drug-likeness (QED) is 0.739. The molecule has 0 saturated carbocycles. The van der Waals surface area contributed by atoms with E-state index in [-0.39, 0.29) is 4.90 Å². The number of nitrogen functional groups attached to an aromatic ring is 1. The molecular weight excluding hydrogens is 408 g/mol. The Balaban J connectivity index is 2.41. The van der Waals surface area contributed by atoms with Crippen LogP contribution in [0.2, 0.25) is 0 Å². The molecule has 0 fully saturated rings. The van der Waals surface area contributed by atoms with E-state index >= 15 is 0 Å². The van der Waals surface area contributed by atoms with Crippen molar-refractivity contribution in [3.8, 4) is 0 Å². The average Bonchev–Trinajstić information content (AvgIpc) is 2.34.